The van der Waals surface area contributed by atoms with Gasteiger partial charge in [0.25, 0.3) is 5.91 Å². The number of carbonyl (C=O) groups excluding carboxylic acids is 2. The zero-order valence-corrected chi connectivity index (χ0v) is 12.8. The van der Waals surface area contributed by atoms with Gasteiger partial charge in [-0.25, -0.2) is 9.86 Å². The molecule has 0 spiro atoms. The Hall–Kier alpha value is -1.34. The van der Waals surface area contributed by atoms with E-state index >= 15 is 0 Å². The summed E-state index contributed by atoms with van der Waals surface area (Å²) in [5, 5.41) is 3.88. The summed E-state index contributed by atoms with van der Waals surface area (Å²) in [6, 6.07) is -0.137. The Morgan fingerprint density at radius 2 is 1.95 bits per heavy atom. The van der Waals surface area contributed by atoms with Crippen molar-refractivity contribution in [3.05, 3.63) is 0 Å². The highest BCUT2D eigenvalue weighted by atomic mass is 16.7. The Labute approximate surface area is 119 Å². The van der Waals surface area contributed by atoms with Crippen LogP contribution in [0, 0.1) is 0 Å². The SMILES string of the molecule is CON(C)C(=O)[C@@H]1CCC(NC(=O)OC(C)(C)C)CO1. The molecule has 2 atom stereocenters. The molecule has 7 heteroatoms. The van der Waals surface area contributed by atoms with Crippen molar-refractivity contribution < 1.29 is 23.9 Å². The van der Waals surface area contributed by atoms with Crippen LogP contribution in [0.5, 0.6) is 0 Å². The van der Waals surface area contributed by atoms with Gasteiger partial charge in [0.1, 0.15) is 11.7 Å². The smallest absolute Gasteiger partial charge is 0.407 e. The summed E-state index contributed by atoms with van der Waals surface area (Å²) in [5.74, 6) is -0.219. The first kappa shape index (κ1) is 16.7. The van der Waals surface area contributed by atoms with E-state index in [2.05, 4.69) is 5.32 Å². The number of likely N-dealkylation sites (N-methyl/N-ethyl adjacent to an activating group) is 1. The van der Waals surface area contributed by atoms with Gasteiger partial charge in [-0.2, -0.15) is 0 Å². The van der Waals surface area contributed by atoms with Gasteiger partial charge in [0.05, 0.1) is 19.8 Å². The van der Waals surface area contributed by atoms with E-state index in [1.807, 2.05) is 0 Å². The lowest BCUT2D eigenvalue weighted by molar-refractivity contribution is -0.183. The maximum Gasteiger partial charge on any atom is 0.407 e. The Balaban J connectivity index is 2.36. The summed E-state index contributed by atoms with van der Waals surface area (Å²) >= 11 is 0. The Kier molecular flexibility index (Phi) is 5.76. The van der Waals surface area contributed by atoms with E-state index in [-0.39, 0.29) is 18.6 Å². The van der Waals surface area contributed by atoms with Gasteiger partial charge in [0.15, 0.2) is 0 Å². The van der Waals surface area contributed by atoms with Gasteiger partial charge in [-0.1, -0.05) is 0 Å². The molecule has 1 N–H and O–H groups in total. The molecular formula is C13H24N2O5. The lowest BCUT2D eigenvalue weighted by Gasteiger charge is -2.31. The molecule has 0 aromatic heterocycles. The number of ether oxygens (including phenoxy) is 2. The topological polar surface area (TPSA) is 77.1 Å². The predicted molar refractivity (Wildman–Crippen MR) is 71.9 cm³/mol. The van der Waals surface area contributed by atoms with Crippen molar-refractivity contribution in [2.75, 3.05) is 20.8 Å². The molecule has 1 aliphatic rings. The van der Waals surface area contributed by atoms with Crippen molar-refractivity contribution in [3.63, 3.8) is 0 Å². The first-order valence-corrected chi connectivity index (χ1v) is 6.65. The highest BCUT2D eigenvalue weighted by Crippen LogP contribution is 2.16. The molecule has 0 saturated carbocycles. The first-order chi connectivity index (χ1) is 9.23. The van der Waals surface area contributed by atoms with Gasteiger partial charge in [-0.3, -0.25) is 9.63 Å². The zero-order valence-electron chi connectivity index (χ0n) is 12.8. The van der Waals surface area contributed by atoms with E-state index in [1.165, 1.54) is 14.2 Å². The van der Waals surface area contributed by atoms with E-state index in [0.29, 0.717) is 12.8 Å². The van der Waals surface area contributed by atoms with Crippen LogP contribution >= 0.6 is 0 Å². The van der Waals surface area contributed by atoms with Crippen molar-refractivity contribution in [1.29, 1.82) is 0 Å². The van der Waals surface area contributed by atoms with Crippen LogP contribution in [0.25, 0.3) is 0 Å². The summed E-state index contributed by atoms with van der Waals surface area (Å²) in [7, 11) is 2.96. The fraction of sp³-hybridized carbons (Fsp3) is 0.846. The van der Waals surface area contributed by atoms with E-state index in [0.717, 1.165) is 5.06 Å². The second-order valence-electron chi connectivity index (χ2n) is 5.76. The van der Waals surface area contributed by atoms with Gasteiger partial charge in [0, 0.05) is 7.05 Å². The van der Waals surface area contributed by atoms with Gasteiger partial charge in [0.2, 0.25) is 0 Å². The molecule has 116 valence electrons. The van der Waals surface area contributed by atoms with Crippen LogP contribution in [-0.2, 0) is 19.1 Å². The average molecular weight is 288 g/mol. The monoisotopic (exact) mass is 288 g/mol. The third-order valence-electron chi connectivity index (χ3n) is 2.86. The zero-order chi connectivity index (χ0) is 15.3. The van der Waals surface area contributed by atoms with E-state index < -0.39 is 17.8 Å². The second-order valence-corrected chi connectivity index (χ2v) is 5.76. The fourth-order valence-electron chi connectivity index (χ4n) is 1.83. The Bertz CT molecular complexity index is 345. The van der Waals surface area contributed by atoms with Gasteiger partial charge in [-0.05, 0) is 33.6 Å². The molecule has 1 saturated heterocycles. The fourth-order valence-corrected chi connectivity index (χ4v) is 1.83. The quantitative estimate of drug-likeness (QED) is 0.786. The van der Waals surface area contributed by atoms with Crippen LogP contribution < -0.4 is 5.32 Å². The molecule has 1 fully saturated rings. The molecule has 7 nitrogen and oxygen atoms in total. The second kappa shape index (κ2) is 6.90. The average Bonchev–Trinajstić information content (AvgIpc) is 2.35. The number of amides is 2. The Morgan fingerprint density at radius 1 is 1.30 bits per heavy atom. The lowest BCUT2D eigenvalue weighted by Crippen LogP contribution is -2.48. The van der Waals surface area contributed by atoms with E-state index in [1.54, 1.807) is 20.8 Å². The van der Waals surface area contributed by atoms with Gasteiger partial charge in [-0.15, -0.1) is 0 Å². The molecular weight excluding hydrogens is 264 g/mol. The first-order valence-electron chi connectivity index (χ1n) is 6.65. The summed E-state index contributed by atoms with van der Waals surface area (Å²) in [6.45, 7) is 5.70. The number of alkyl carbamates (subject to hydrolysis) is 1. The molecule has 2 amide bonds. The molecule has 1 unspecified atom stereocenters. The summed E-state index contributed by atoms with van der Waals surface area (Å²) in [5.41, 5.74) is -0.528. The molecule has 20 heavy (non-hydrogen) atoms. The lowest BCUT2D eigenvalue weighted by atomic mass is 10.0. The summed E-state index contributed by atoms with van der Waals surface area (Å²) in [6.07, 6.45) is 0.210. The van der Waals surface area contributed by atoms with Crippen molar-refractivity contribution >= 4 is 12.0 Å². The number of nitrogens with one attached hydrogen (secondary N) is 1. The third kappa shape index (κ3) is 5.34. The molecule has 0 bridgehead atoms. The highest BCUT2D eigenvalue weighted by Gasteiger charge is 2.30. The molecule has 0 aromatic rings. The number of hydrogen-bond donors (Lipinski definition) is 1. The number of hydroxylamine groups is 2. The summed E-state index contributed by atoms with van der Waals surface area (Å²) < 4.78 is 10.6. The number of rotatable bonds is 3. The van der Waals surface area contributed by atoms with Crippen molar-refractivity contribution in [2.45, 2.75) is 51.4 Å². The maximum atomic E-state index is 11.8. The maximum absolute atomic E-state index is 11.8. The minimum atomic E-state index is -0.528. The standard InChI is InChI=1S/C13H24N2O5/c1-13(2,3)20-12(17)14-9-6-7-10(19-8-9)11(16)15(4)18-5/h9-10H,6-8H2,1-5H3,(H,14,17)/t9?,10-/m0/s1. The van der Waals surface area contributed by atoms with Crippen LogP contribution in [0.2, 0.25) is 0 Å². The van der Waals surface area contributed by atoms with Crippen LogP contribution in [0.1, 0.15) is 33.6 Å². The predicted octanol–water partition coefficient (Wildman–Crippen LogP) is 1.08. The molecule has 0 aromatic carbocycles. The largest absolute Gasteiger partial charge is 0.444 e. The number of carbonyl (C=O) groups is 2. The van der Waals surface area contributed by atoms with Gasteiger partial charge >= 0.3 is 6.09 Å². The van der Waals surface area contributed by atoms with Crippen molar-refractivity contribution in [1.82, 2.24) is 10.4 Å². The molecule has 1 heterocycles. The highest BCUT2D eigenvalue weighted by molar-refractivity contribution is 5.79. The molecule has 1 aliphatic heterocycles. The number of nitrogens with zero attached hydrogens (tertiary/aromatic N) is 1. The van der Waals surface area contributed by atoms with Crippen molar-refractivity contribution in [2.24, 2.45) is 0 Å². The molecule has 1 rings (SSSR count). The van der Waals surface area contributed by atoms with Crippen LogP contribution in [0.15, 0.2) is 0 Å². The van der Waals surface area contributed by atoms with Crippen LogP contribution in [0.3, 0.4) is 0 Å². The third-order valence-corrected chi connectivity index (χ3v) is 2.86. The molecule has 0 aliphatic carbocycles. The minimum Gasteiger partial charge on any atom is -0.444 e. The van der Waals surface area contributed by atoms with Crippen LogP contribution in [-0.4, -0.2) is 55.6 Å². The van der Waals surface area contributed by atoms with Crippen LogP contribution in [0.4, 0.5) is 4.79 Å². The summed E-state index contributed by atoms with van der Waals surface area (Å²) in [4.78, 5) is 28.2. The van der Waals surface area contributed by atoms with Gasteiger partial charge < -0.3 is 14.8 Å². The molecule has 0 radical (unpaired) electrons. The normalized spacial score (nSPS) is 23.1. The minimum absolute atomic E-state index is 0.137. The number of hydrogen-bond acceptors (Lipinski definition) is 5. The Morgan fingerprint density at radius 3 is 2.40 bits per heavy atom. The van der Waals surface area contributed by atoms with E-state index in [9.17, 15) is 9.59 Å². The van der Waals surface area contributed by atoms with Crippen molar-refractivity contribution in [3.8, 4) is 0 Å². The van der Waals surface area contributed by atoms with E-state index in [4.69, 9.17) is 14.3 Å².